The zero-order chi connectivity index (χ0) is 15.2. The number of rotatable bonds is 7. The molecule has 0 saturated carbocycles. The summed E-state index contributed by atoms with van der Waals surface area (Å²) in [6.45, 7) is 1.26. The molecule has 7 nitrogen and oxygen atoms in total. The van der Waals surface area contributed by atoms with Crippen LogP contribution in [0, 0.1) is 0 Å². The van der Waals surface area contributed by atoms with Crippen LogP contribution in [-0.4, -0.2) is 27.9 Å². The fourth-order valence-electron chi connectivity index (χ4n) is 1.51. The Morgan fingerprint density at radius 2 is 2.29 bits per heavy atom. The number of aromatic nitrogens is 2. The number of halogens is 1. The zero-order valence-electron chi connectivity index (χ0n) is 11.2. The van der Waals surface area contributed by atoms with E-state index < -0.39 is 18.7 Å². The molecule has 2 aromatic rings. The van der Waals surface area contributed by atoms with Gasteiger partial charge in [0.25, 0.3) is 5.89 Å². The van der Waals surface area contributed by atoms with Crippen LogP contribution in [0.25, 0.3) is 0 Å². The van der Waals surface area contributed by atoms with Crippen molar-refractivity contribution >= 4 is 17.6 Å². The number of nitrogens with zero attached hydrogens (tertiary/aromatic N) is 2. The molecule has 1 heterocycles. The predicted octanol–water partition coefficient (Wildman–Crippen LogP) is 2.46. The van der Waals surface area contributed by atoms with Gasteiger partial charge in [0.2, 0.25) is 5.89 Å². The fraction of sp³-hybridized carbons (Fsp3) is 0.308. The average molecular weight is 313 g/mol. The summed E-state index contributed by atoms with van der Waals surface area (Å²) in [7, 11) is 0. The van der Waals surface area contributed by atoms with Gasteiger partial charge in [-0.25, -0.2) is 4.79 Å². The molecule has 8 heteroatoms. The first-order valence-corrected chi connectivity index (χ1v) is 6.46. The van der Waals surface area contributed by atoms with Crippen LogP contribution in [0.1, 0.15) is 24.8 Å². The number of benzene rings is 1. The van der Waals surface area contributed by atoms with E-state index in [-0.39, 0.29) is 18.4 Å². The maximum Gasteiger partial charge on any atom is 0.329 e. The molecule has 0 amide bonds. The molecule has 0 fully saturated rings. The van der Waals surface area contributed by atoms with E-state index >= 15 is 0 Å². The van der Waals surface area contributed by atoms with E-state index in [1.807, 2.05) is 0 Å². The smallest absolute Gasteiger partial charge is 0.329 e. The molecule has 0 aliphatic heterocycles. The molecule has 2 rings (SSSR count). The molecule has 0 aliphatic carbocycles. The highest BCUT2D eigenvalue weighted by Crippen LogP contribution is 2.23. The molecule has 112 valence electrons. The second kappa shape index (κ2) is 7.05. The standard InChI is InChI=1S/C13H13ClN2O5/c1-8(20-10-4-2-3-9(14)5-10)13-16-15-11(21-13)6-19-7-12(17)18/h2-5,8H,6-7H2,1H3,(H,17,18). The molecular weight excluding hydrogens is 300 g/mol. The maximum atomic E-state index is 10.3. The molecule has 0 spiro atoms. The fourth-order valence-corrected chi connectivity index (χ4v) is 1.69. The van der Waals surface area contributed by atoms with Crippen molar-refractivity contribution in [3.05, 3.63) is 41.1 Å². The van der Waals surface area contributed by atoms with Crippen LogP contribution in [0.4, 0.5) is 0 Å². The van der Waals surface area contributed by atoms with Crippen LogP contribution in [-0.2, 0) is 16.1 Å². The largest absolute Gasteiger partial charge is 0.481 e. The molecule has 0 bridgehead atoms. The number of carboxylic acids is 1. The molecule has 21 heavy (non-hydrogen) atoms. The van der Waals surface area contributed by atoms with Gasteiger partial charge in [-0.1, -0.05) is 17.7 Å². The van der Waals surface area contributed by atoms with E-state index in [2.05, 4.69) is 10.2 Å². The lowest BCUT2D eigenvalue weighted by Crippen LogP contribution is -2.06. The summed E-state index contributed by atoms with van der Waals surface area (Å²) in [6, 6.07) is 6.94. The quantitative estimate of drug-likeness (QED) is 0.839. The van der Waals surface area contributed by atoms with E-state index in [1.54, 1.807) is 31.2 Å². The first-order valence-electron chi connectivity index (χ1n) is 6.08. The zero-order valence-corrected chi connectivity index (χ0v) is 11.9. The van der Waals surface area contributed by atoms with Crippen LogP contribution >= 0.6 is 11.6 Å². The van der Waals surface area contributed by atoms with E-state index in [0.29, 0.717) is 10.8 Å². The van der Waals surface area contributed by atoms with Gasteiger partial charge in [-0.05, 0) is 25.1 Å². The Balaban J connectivity index is 1.92. The summed E-state index contributed by atoms with van der Waals surface area (Å²) in [5.41, 5.74) is 0. The highest BCUT2D eigenvalue weighted by molar-refractivity contribution is 6.30. The van der Waals surface area contributed by atoms with E-state index in [9.17, 15) is 4.79 Å². The highest BCUT2D eigenvalue weighted by atomic mass is 35.5. The Kier molecular flexibility index (Phi) is 5.13. The third-order valence-electron chi connectivity index (χ3n) is 2.39. The van der Waals surface area contributed by atoms with E-state index in [1.165, 1.54) is 0 Å². The summed E-state index contributed by atoms with van der Waals surface area (Å²) in [4.78, 5) is 10.3. The minimum atomic E-state index is -1.06. The first kappa shape index (κ1) is 15.3. The minimum Gasteiger partial charge on any atom is -0.481 e. The van der Waals surface area contributed by atoms with Crippen LogP contribution < -0.4 is 4.74 Å². The monoisotopic (exact) mass is 312 g/mol. The molecule has 1 atom stereocenters. The van der Waals surface area contributed by atoms with Crippen molar-refractivity contribution in [3.8, 4) is 5.75 Å². The second-order valence-corrected chi connectivity index (χ2v) is 4.57. The summed E-state index contributed by atoms with van der Waals surface area (Å²) in [5, 5.41) is 16.6. The van der Waals surface area contributed by atoms with Crippen LogP contribution in [0.5, 0.6) is 5.75 Å². The van der Waals surface area contributed by atoms with Gasteiger partial charge in [0.1, 0.15) is 19.0 Å². The Labute approximate surface area is 125 Å². The molecule has 1 aromatic carbocycles. The van der Waals surface area contributed by atoms with Crippen LogP contribution in [0.15, 0.2) is 28.7 Å². The normalized spacial score (nSPS) is 12.1. The molecule has 0 aliphatic rings. The Morgan fingerprint density at radius 1 is 1.48 bits per heavy atom. The molecule has 0 saturated heterocycles. The van der Waals surface area contributed by atoms with Gasteiger partial charge in [0, 0.05) is 5.02 Å². The summed E-state index contributed by atoms with van der Waals surface area (Å²) >= 11 is 5.87. The lowest BCUT2D eigenvalue weighted by molar-refractivity contribution is -0.142. The van der Waals surface area contributed by atoms with Crippen LogP contribution in [0.3, 0.4) is 0 Å². The van der Waals surface area contributed by atoms with Gasteiger partial charge >= 0.3 is 5.97 Å². The van der Waals surface area contributed by atoms with Gasteiger partial charge in [-0.2, -0.15) is 0 Å². The number of hydrogen-bond acceptors (Lipinski definition) is 6. The SMILES string of the molecule is CC(Oc1cccc(Cl)c1)c1nnc(COCC(=O)O)o1. The van der Waals surface area contributed by atoms with Crippen molar-refractivity contribution in [1.29, 1.82) is 0 Å². The van der Waals surface area contributed by atoms with Crippen molar-refractivity contribution < 1.29 is 23.8 Å². The van der Waals surface area contributed by atoms with Crippen molar-refractivity contribution in [2.24, 2.45) is 0 Å². The van der Waals surface area contributed by atoms with Crippen molar-refractivity contribution in [2.45, 2.75) is 19.6 Å². The van der Waals surface area contributed by atoms with Crippen molar-refractivity contribution in [2.75, 3.05) is 6.61 Å². The molecular formula is C13H13ClN2O5. The van der Waals surface area contributed by atoms with Crippen LogP contribution in [0.2, 0.25) is 5.02 Å². The summed E-state index contributed by atoms with van der Waals surface area (Å²) < 4.78 is 15.8. The first-order chi connectivity index (χ1) is 10.0. The van der Waals surface area contributed by atoms with Crippen molar-refractivity contribution in [3.63, 3.8) is 0 Å². The number of aliphatic carboxylic acids is 1. The molecule has 1 N–H and O–H groups in total. The van der Waals surface area contributed by atoms with Gasteiger partial charge in [0.15, 0.2) is 6.10 Å². The van der Waals surface area contributed by atoms with Gasteiger partial charge in [-0.15, -0.1) is 10.2 Å². The highest BCUT2D eigenvalue weighted by Gasteiger charge is 2.16. The average Bonchev–Trinajstić information content (AvgIpc) is 2.87. The Hall–Kier alpha value is -2.12. The lowest BCUT2D eigenvalue weighted by Gasteiger charge is -2.10. The Morgan fingerprint density at radius 3 is 3.00 bits per heavy atom. The summed E-state index contributed by atoms with van der Waals surface area (Å²) in [6.07, 6.45) is -0.468. The van der Waals surface area contributed by atoms with Gasteiger partial charge < -0.3 is 19.0 Å². The number of hydrogen-bond donors (Lipinski definition) is 1. The summed E-state index contributed by atoms with van der Waals surface area (Å²) in [5.74, 6) is -0.0269. The molecule has 1 unspecified atom stereocenters. The maximum absolute atomic E-state index is 10.3. The number of ether oxygens (including phenoxy) is 2. The predicted molar refractivity (Wildman–Crippen MR) is 72.1 cm³/mol. The second-order valence-electron chi connectivity index (χ2n) is 4.14. The lowest BCUT2D eigenvalue weighted by atomic mass is 10.3. The minimum absolute atomic E-state index is 0.0663. The number of carbonyl (C=O) groups is 1. The topological polar surface area (TPSA) is 94.7 Å². The van der Waals surface area contributed by atoms with E-state index in [0.717, 1.165) is 0 Å². The third-order valence-corrected chi connectivity index (χ3v) is 2.63. The van der Waals surface area contributed by atoms with Crippen molar-refractivity contribution in [1.82, 2.24) is 10.2 Å². The number of carboxylic acid groups (broad SMARTS) is 1. The van der Waals surface area contributed by atoms with Gasteiger partial charge in [-0.3, -0.25) is 0 Å². The van der Waals surface area contributed by atoms with Gasteiger partial charge in [0.05, 0.1) is 0 Å². The Bertz CT molecular complexity index is 616. The third kappa shape index (κ3) is 4.73. The molecule has 0 radical (unpaired) electrons. The molecule has 1 aromatic heterocycles. The van der Waals surface area contributed by atoms with E-state index in [4.69, 9.17) is 30.6 Å².